The molecule has 20 heteroatoms. The van der Waals surface area contributed by atoms with Crippen LogP contribution in [0, 0.1) is 17.6 Å². The molecular weight excluding hydrogens is 788 g/mol. The number of imidazole rings is 1. The SMILES string of the molecule is C[C@H]1C[C@H]2C(=O)O[C@@H](C)[C@H](NC(=O)[C@H](Cc3cc(F)cc(F)c3)NC(=O)Nc3ccc4[nH]cnc4c3)C(=O)N3CCC[C@H]3C(=O)N3CCOC[C@H]3C(=O)N[C@@H](C)C(=O)N2C1. The number of hydrogen-bond donors (Lipinski definition) is 5. The van der Waals surface area contributed by atoms with E-state index in [1.807, 2.05) is 6.92 Å². The number of cyclic esters (lactones) is 1. The average molecular weight is 836 g/mol. The first-order chi connectivity index (χ1) is 28.7. The number of aromatic amines is 1. The van der Waals surface area contributed by atoms with Crippen LogP contribution in [0.2, 0.25) is 0 Å². The highest BCUT2D eigenvalue weighted by atomic mass is 19.1. The third-order valence-corrected chi connectivity index (χ3v) is 11.3. The van der Waals surface area contributed by atoms with Crippen LogP contribution in [0.3, 0.4) is 0 Å². The second-order valence-electron chi connectivity index (χ2n) is 15.8. The fourth-order valence-corrected chi connectivity index (χ4v) is 8.35. The van der Waals surface area contributed by atoms with Crippen molar-refractivity contribution >= 4 is 58.3 Å². The van der Waals surface area contributed by atoms with Gasteiger partial charge in [-0.25, -0.2) is 23.4 Å². The van der Waals surface area contributed by atoms with E-state index in [9.17, 15) is 42.3 Å². The molecule has 4 fully saturated rings. The van der Waals surface area contributed by atoms with E-state index in [1.165, 1.54) is 34.9 Å². The van der Waals surface area contributed by atoms with Crippen LogP contribution < -0.4 is 21.3 Å². The zero-order chi connectivity index (χ0) is 42.8. The van der Waals surface area contributed by atoms with Gasteiger partial charge in [-0.3, -0.25) is 24.0 Å². The number of ether oxygens (including phenoxy) is 2. The van der Waals surface area contributed by atoms with Crippen LogP contribution in [0.15, 0.2) is 42.7 Å². The Bertz CT molecular complexity index is 2170. The minimum absolute atomic E-state index is 0.00155. The Balaban J connectivity index is 1.21. The first-order valence-electron chi connectivity index (χ1n) is 19.9. The Labute approximate surface area is 343 Å². The number of morpholine rings is 1. The number of H-pyrrole nitrogens is 1. The summed E-state index contributed by atoms with van der Waals surface area (Å²) >= 11 is 0. The lowest BCUT2D eigenvalue weighted by molar-refractivity contribution is -0.164. The highest BCUT2D eigenvalue weighted by Gasteiger charge is 2.47. The van der Waals surface area contributed by atoms with Crippen LogP contribution in [-0.2, 0) is 44.7 Å². The van der Waals surface area contributed by atoms with Gasteiger partial charge in [-0.2, -0.15) is 0 Å². The summed E-state index contributed by atoms with van der Waals surface area (Å²) in [5, 5.41) is 10.4. The number of carbonyl (C=O) groups excluding carboxylic acids is 7. The third kappa shape index (κ3) is 9.02. The number of benzene rings is 2. The molecule has 18 nitrogen and oxygen atoms in total. The first-order valence-corrected chi connectivity index (χ1v) is 19.9. The largest absolute Gasteiger partial charge is 0.458 e. The predicted molar refractivity (Wildman–Crippen MR) is 208 cm³/mol. The number of halogens is 2. The molecule has 5 heterocycles. The van der Waals surface area contributed by atoms with Gasteiger partial charge in [-0.05, 0) is 74.9 Å². The van der Waals surface area contributed by atoms with E-state index in [-0.39, 0.29) is 57.2 Å². The van der Waals surface area contributed by atoms with E-state index in [2.05, 4.69) is 31.2 Å². The molecule has 5 N–H and O–H groups in total. The molecule has 0 aliphatic carbocycles. The van der Waals surface area contributed by atoms with Gasteiger partial charge >= 0.3 is 12.0 Å². The van der Waals surface area contributed by atoms with Gasteiger partial charge in [0.2, 0.25) is 29.5 Å². The van der Waals surface area contributed by atoms with E-state index in [0.29, 0.717) is 29.2 Å². The van der Waals surface area contributed by atoms with Gasteiger partial charge in [0.15, 0.2) is 0 Å². The number of nitrogens with zero attached hydrogens (tertiary/aromatic N) is 4. The summed E-state index contributed by atoms with van der Waals surface area (Å²) in [6.07, 6.45) is 0.451. The van der Waals surface area contributed by atoms with Crippen LogP contribution in [0.5, 0.6) is 0 Å². The molecule has 3 aromatic rings. The van der Waals surface area contributed by atoms with E-state index in [4.69, 9.17) is 9.47 Å². The number of fused-ring (bicyclic) bond motifs is 4. The van der Waals surface area contributed by atoms with Crippen LogP contribution in [-0.4, -0.2) is 141 Å². The summed E-state index contributed by atoms with van der Waals surface area (Å²) in [6.45, 7) is 4.96. The standard InChI is InChI=1S/C40H47F2N9O9/c1-20-11-31-39(57)60-22(3)33(38(56)49-8-4-5-30(49)37(55)50-9-10-59-18-32(50)35(53)45-21(2)36(54)51(31)17-20)48-34(52)29(14-23-12-24(41)15-25(42)13-23)47-40(58)46-26-6-7-27-28(16-26)44-19-43-27/h6-7,12-13,15-16,19-22,29-33H,4-5,8-11,14,17-18H2,1-3H3,(H,43,44)(H,45,53)(H,48,52)(H2,46,47,58)/t20-,21-,22-,29-,30-,31-,32-,33-/m0/s1. The quantitative estimate of drug-likeness (QED) is 0.221. The van der Waals surface area contributed by atoms with E-state index in [1.54, 1.807) is 18.2 Å². The molecule has 320 valence electrons. The number of carbonyl (C=O) groups is 7. The number of hydrogen-bond acceptors (Lipinski definition) is 10. The molecule has 0 unspecified atom stereocenters. The normalized spacial score (nSPS) is 27.1. The molecule has 0 bridgehead atoms. The number of amides is 7. The monoisotopic (exact) mass is 835 g/mol. The zero-order valence-corrected chi connectivity index (χ0v) is 33.2. The Morgan fingerprint density at radius 2 is 1.67 bits per heavy atom. The average Bonchev–Trinajstić information content (AvgIpc) is 3.98. The molecule has 4 aliphatic heterocycles. The number of rotatable bonds is 6. The van der Waals surface area contributed by atoms with Crippen molar-refractivity contribution < 1.29 is 51.8 Å². The molecule has 1 aromatic heterocycles. The molecule has 0 spiro atoms. The molecule has 4 aliphatic rings. The van der Waals surface area contributed by atoms with Crippen LogP contribution in [0.1, 0.15) is 45.6 Å². The van der Waals surface area contributed by atoms with Crippen molar-refractivity contribution in [2.24, 2.45) is 5.92 Å². The van der Waals surface area contributed by atoms with Crippen molar-refractivity contribution in [3.8, 4) is 0 Å². The van der Waals surface area contributed by atoms with Crippen molar-refractivity contribution in [1.29, 1.82) is 0 Å². The topological polar surface area (TPSA) is 224 Å². The molecule has 7 rings (SSSR count). The lowest BCUT2D eigenvalue weighted by Gasteiger charge is -2.39. The van der Waals surface area contributed by atoms with Crippen molar-refractivity contribution in [3.63, 3.8) is 0 Å². The van der Waals surface area contributed by atoms with E-state index >= 15 is 0 Å². The van der Waals surface area contributed by atoms with Gasteiger partial charge in [0.25, 0.3) is 0 Å². The summed E-state index contributed by atoms with van der Waals surface area (Å²) in [4.78, 5) is 109. The zero-order valence-electron chi connectivity index (χ0n) is 33.2. The molecule has 7 amide bonds. The molecule has 8 atom stereocenters. The summed E-state index contributed by atoms with van der Waals surface area (Å²) in [5.41, 5.74) is 1.55. The molecule has 2 aromatic carbocycles. The Kier molecular flexibility index (Phi) is 12.3. The fourth-order valence-electron chi connectivity index (χ4n) is 8.35. The predicted octanol–water partition coefficient (Wildman–Crippen LogP) is 0.964. The molecule has 60 heavy (non-hydrogen) atoms. The minimum Gasteiger partial charge on any atom is -0.458 e. The van der Waals surface area contributed by atoms with Crippen LogP contribution >= 0.6 is 0 Å². The van der Waals surface area contributed by atoms with Crippen molar-refractivity contribution in [1.82, 2.24) is 40.6 Å². The smallest absolute Gasteiger partial charge is 0.329 e. The van der Waals surface area contributed by atoms with Crippen molar-refractivity contribution in [3.05, 3.63) is 59.9 Å². The van der Waals surface area contributed by atoms with Gasteiger partial charge in [0.1, 0.15) is 54.0 Å². The second kappa shape index (κ2) is 17.6. The maximum atomic E-state index is 14.7. The third-order valence-electron chi connectivity index (χ3n) is 11.3. The maximum Gasteiger partial charge on any atom is 0.329 e. The van der Waals surface area contributed by atoms with Crippen LogP contribution in [0.4, 0.5) is 19.3 Å². The fraction of sp³-hybridized carbons (Fsp3) is 0.500. The summed E-state index contributed by atoms with van der Waals surface area (Å²) in [5.74, 6) is -6.38. The lowest BCUT2D eigenvalue weighted by Crippen LogP contribution is -2.64. The maximum absolute atomic E-state index is 14.7. The number of urea groups is 1. The number of anilines is 1. The molecular formula is C40H47F2N9O9. The summed E-state index contributed by atoms with van der Waals surface area (Å²) < 4.78 is 40.2. The summed E-state index contributed by atoms with van der Waals surface area (Å²) in [6, 6.07) is -0.997. The number of nitrogens with one attached hydrogen (secondary N) is 5. The van der Waals surface area contributed by atoms with Crippen molar-refractivity contribution in [2.75, 3.05) is 38.2 Å². The Morgan fingerprint density at radius 1 is 0.917 bits per heavy atom. The van der Waals surface area contributed by atoms with Gasteiger partial charge in [-0.1, -0.05) is 6.92 Å². The lowest BCUT2D eigenvalue weighted by atomic mass is 10.0. The second-order valence-corrected chi connectivity index (χ2v) is 15.8. The number of aromatic nitrogens is 2. The molecule has 0 saturated carbocycles. The minimum atomic E-state index is -1.66. The van der Waals surface area contributed by atoms with Gasteiger partial charge in [0.05, 0.1) is 30.6 Å². The van der Waals surface area contributed by atoms with E-state index < -0.39 is 102 Å². The van der Waals surface area contributed by atoms with Crippen molar-refractivity contribution in [2.45, 2.75) is 88.8 Å². The molecule has 4 saturated heterocycles. The van der Waals surface area contributed by atoms with Gasteiger partial charge in [0, 0.05) is 37.8 Å². The Hall–Kier alpha value is -6.18. The Morgan fingerprint density at radius 3 is 2.43 bits per heavy atom. The van der Waals surface area contributed by atoms with E-state index in [0.717, 1.165) is 12.1 Å². The van der Waals surface area contributed by atoms with Gasteiger partial charge < -0.3 is 50.4 Å². The summed E-state index contributed by atoms with van der Waals surface area (Å²) in [7, 11) is 0. The first kappa shape index (κ1) is 42.0. The van der Waals surface area contributed by atoms with Gasteiger partial charge in [-0.15, -0.1) is 0 Å². The highest BCUT2D eigenvalue weighted by molar-refractivity contribution is 5.99. The van der Waals surface area contributed by atoms with Crippen LogP contribution in [0.25, 0.3) is 11.0 Å². The molecule has 0 radical (unpaired) electrons. The number of esters is 1. The highest BCUT2D eigenvalue weighted by Crippen LogP contribution is 2.28.